The van der Waals surface area contributed by atoms with E-state index in [1.54, 1.807) is 0 Å². The Hall–Kier alpha value is -7.70. The molecule has 8 aromatic carbocycles. The van der Waals surface area contributed by atoms with Gasteiger partial charge in [-0.05, 0) is 46.2 Å². The van der Waals surface area contributed by atoms with E-state index in [-0.39, 0.29) is 78.9 Å². The summed E-state index contributed by atoms with van der Waals surface area (Å²) < 4.78 is 79.2. The minimum atomic E-state index is -0.832. The summed E-state index contributed by atoms with van der Waals surface area (Å²) in [5.41, 5.74) is 7.39. The highest BCUT2D eigenvalue weighted by atomic mass is 16.7. The monoisotopic (exact) mass is 1190 g/mol. The van der Waals surface area contributed by atoms with E-state index in [2.05, 4.69) is 0 Å². The van der Waals surface area contributed by atoms with Crippen molar-refractivity contribution in [2.24, 2.45) is 0 Å². The Morgan fingerprint density at radius 3 is 0.898 bits per heavy atom. The Morgan fingerprint density at radius 2 is 0.602 bits per heavy atom. The zero-order valence-electron chi connectivity index (χ0n) is 49.5. The Bertz CT molecular complexity index is 2990. The van der Waals surface area contributed by atoms with Crippen LogP contribution in [0.15, 0.2) is 243 Å². The van der Waals surface area contributed by atoms with Crippen LogP contribution in [0, 0.1) is 0 Å². The molecule has 458 valence electrons. The lowest BCUT2D eigenvalue weighted by atomic mass is 10.0. The van der Waals surface area contributed by atoms with Gasteiger partial charge in [-0.3, -0.25) is 9.59 Å². The predicted molar refractivity (Wildman–Crippen MR) is 331 cm³/mol. The van der Waals surface area contributed by atoms with Gasteiger partial charge in [0.25, 0.3) is 0 Å². The molecule has 14 heteroatoms. The lowest BCUT2D eigenvalue weighted by molar-refractivity contribution is -0.198. The Labute approximate surface area is 516 Å². The van der Waals surface area contributed by atoms with E-state index in [1.165, 1.54) is 0 Å². The van der Waals surface area contributed by atoms with Gasteiger partial charge in [0.1, 0.15) is 62.0 Å². The van der Waals surface area contributed by atoms with Crippen LogP contribution in [0.1, 0.15) is 82.8 Å². The van der Waals surface area contributed by atoms with Crippen molar-refractivity contribution in [1.29, 1.82) is 0 Å². The third-order valence-electron chi connectivity index (χ3n) is 15.3. The van der Waals surface area contributed by atoms with Gasteiger partial charge >= 0.3 is 11.9 Å². The minimum absolute atomic E-state index is 0.0343. The number of ether oxygens (including phenoxy) is 12. The summed E-state index contributed by atoms with van der Waals surface area (Å²) in [4.78, 5) is 27.8. The van der Waals surface area contributed by atoms with Crippen molar-refractivity contribution in [2.75, 3.05) is 26.4 Å². The molecule has 0 saturated carbocycles. The summed E-state index contributed by atoms with van der Waals surface area (Å²) in [7, 11) is 0. The van der Waals surface area contributed by atoms with Gasteiger partial charge < -0.3 is 56.8 Å². The third kappa shape index (κ3) is 19.9. The first-order valence-electron chi connectivity index (χ1n) is 30.4. The molecule has 0 bridgehead atoms. The van der Waals surface area contributed by atoms with E-state index in [9.17, 15) is 9.59 Å². The first-order valence-corrected chi connectivity index (χ1v) is 30.4. The second-order valence-electron chi connectivity index (χ2n) is 21.8. The molecular formula is C74H78O14. The van der Waals surface area contributed by atoms with Crippen molar-refractivity contribution >= 4 is 11.9 Å². The van der Waals surface area contributed by atoms with Crippen LogP contribution in [-0.4, -0.2) is 87.2 Å². The summed E-state index contributed by atoms with van der Waals surface area (Å²) >= 11 is 0. The summed E-state index contributed by atoms with van der Waals surface area (Å²) in [5.74, 6) is -0.923. The number of hydrogen-bond acceptors (Lipinski definition) is 14. The number of esters is 2. The summed E-state index contributed by atoms with van der Waals surface area (Å²) in [6.45, 7) is 1.43. The molecule has 0 N–H and O–H groups in total. The number of benzene rings is 8. The summed E-state index contributed by atoms with van der Waals surface area (Å²) in [5, 5.41) is 0. The van der Waals surface area contributed by atoms with Crippen molar-refractivity contribution in [3.63, 3.8) is 0 Å². The third-order valence-corrected chi connectivity index (χ3v) is 15.3. The van der Waals surface area contributed by atoms with Crippen LogP contribution in [0.5, 0.6) is 0 Å². The molecule has 4 unspecified atom stereocenters. The van der Waals surface area contributed by atoms with Crippen molar-refractivity contribution in [3.8, 4) is 0 Å². The molecule has 2 saturated heterocycles. The van der Waals surface area contributed by atoms with E-state index in [0.717, 1.165) is 44.5 Å². The lowest BCUT2D eigenvalue weighted by Gasteiger charge is -2.36. The van der Waals surface area contributed by atoms with Crippen molar-refractivity contribution < 1.29 is 66.4 Å². The van der Waals surface area contributed by atoms with Crippen LogP contribution in [-0.2, 0) is 106 Å². The second kappa shape index (κ2) is 34.7. The van der Waals surface area contributed by atoms with Crippen molar-refractivity contribution in [3.05, 3.63) is 287 Å². The normalized spacial score (nSPS) is 18.6. The van der Waals surface area contributed by atoms with Gasteiger partial charge in [-0.15, -0.1) is 0 Å². The zero-order valence-corrected chi connectivity index (χ0v) is 49.5. The molecule has 0 aliphatic carbocycles. The first-order chi connectivity index (χ1) is 43.5. The summed E-state index contributed by atoms with van der Waals surface area (Å²) in [6, 6.07) is 78.6. The van der Waals surface area contributed by atoms with Gasteiger partial charge in [0.05, 0.1) is 52.9 Å². The van der Waals surface area contributed by atoms with Gasteiger partial charge in [-0.2, -0.15) is 0 Å². The largest absolute Gasteiger partial charge is 0.463 e. The maximum atomic E-state index is 13.9. The fourth-order valence-electron chi connectivity index (χ4n) is 10.5. The van der Waals surface area contributed by atoms with Crippen molar-refractivity contribution in [1.82, 2.24) is 0 Å². The van der Waals surface area contributed by atoms with Gasteiger partial charge in [0.15, 0.2) is 12.6 Å². The number of carbonyl (C=O) groups is 2. The van der Waals surface area contributed by atoms with Crippen LogP contribution in [0.4, 0.5) is 0 Å². The average Bonchev–Trinajstić information content (AvgIpc) is 4.40. The minimum Gasteiger partial charge on any atom is -0.463 e. The molecule has 2 aliphatic rings. The standard InChI is InChI=1S/C74H78O14/c75-67(79-51-63(77-45-55-27-9-1-10-28-55)69(81-47-57-31-13-3-14-32-57)71(83-49-59-35-17-5-18-36-59)65-53-85-73(87-65)61-39-21-7-22-40-61)43-25-26-44-68(76)80-52-64(78-46-56-29-11-2-12-30-56)70(82-48-58-33-15-4-16-34-58)72(84-50-60-37-19-6-20-38-60)66-54-86-74(88-66)62-41-23-8-24-42-62/h1-24,27-42,63-66,69-74H,25-26,43-54H2/t63-,64-,65?,66?,69-,70-,71-,72-,73?,74?/m1/s1. The highest BCUT2D eigenvalue weighted by Crippen LogP contribution is 2.35. The molecule has 2 aliphatic heterocycles. The smallest absolute Gasteiger partial charge is 0.305 e. The SMILES string of the molecule is O=C(CCCCC(=O)OC[C@@H](OCc1ccccc1)[C@@H](OCc1ccccc1)[C@H](OCc1ccccc1)C1COC(c2ccccc2)O1)OC[C@@H](OCc1ccccc1)[C@@H](OCc1ccccc1)[C@H](OCc1ccccc1)C1COC(c2ccccc2)O1. The maximum Gasteiger partial charge on any atom is 0.305 e. The van der Waals surface area contributed by atoms with Crippen LogP contribution in [0.25, 0.3) is 0 Å². The van der Waals surface area contributed by atoms with E-state index < -0.39 is 73.4 Å². The number of rotatable bonds is 35. The molecule has 10 rings (SSSR count). The van der Waals surface area contributed by atoms with Crippen LogP contribution >= 0.6 is 0 Å². The van der Waals surface area contributed by atoms with Gasteiger partial charge in [0, 0.05) is 24.0 Å². The van der Waals surface area contributed by atoms with Crippen LogP contribution < -0.4 is 0 Å². The van der Waals surface area contributed by atoms with Gasteiger partial charge in [0.2, 0.25) is 0 Å². The van der Waals surface area contributed by atoms with Crippen molar-refractivity contribution in [2.45, 2.75) is 127 Å². The number of carbonyl (C=O) groups excluding carboxylic acids is 2. The molecule has 14 nitrogen and oxygen atoms in total. The zero-order chi connectivity index (χ0) is 60.2. The fourth-order valence-corrected chi connectivity index (χ4v) is 10.5. The molecule has 8 aromatic rings. The molecule has 0 amide bonds. The first kappa shape index (κ1) is 63.3. The lowest BCUT2D eigenvalue weighted by Crippen LogP contribution is -2.51. The average molecular weight is 1190 g/mol. The maximum absolute atomic E-state index is 13.9. The quantitative estimate of drug-likeness (QED) is 0.0274. The van der Waals surface area contributed by atoms with Crippen LogP contribution in [0.3, 0.4) is 0 Å². The Kier molecular flexibility index (Phi) is 25.0. The predicted octanol–water partition coefficient (Wildman–Crippen LogP) is 13.4. The molecule has 0 radical (unpaired) electrons. The molecule has 10 atom stereocenters. The Morgan fingerprint density at radius 1 is 0.341 bits per heavy atom. The highest BCUT2D eigenvalue weighted by Gasteiger charge is 2.45. The topological polar surface area (TPSA) is 145 Å². The number of unbranched alkanes of at least 4 members (excludes halogenated alkanes) is 1. The molecule has 0 spiro atoms. The van der Waals surface area contributed by atoms with Crippen LogP contribution in [0.2, 0.25) is 0 Å². The van der Waals surface area contributed by atoms with E-state index >= 15 is 0 Å². The highest BCUT2D eigenvalue weighted by molar-refractivity contribution is 5.70. The molecule has 88 heavy (non-hydrogen) atoms. The molecule has 0 aromatic heterocycles. The van der Waals surface area contributed by atoms with E-state index in [1.807, 2.05) is 243 Å². The van der Waals surface area contributed by atoms with Gasteiger partial charge in [-0.1, -0.05) is 243 Å². The van der Waals surface area contributed by atoms with E-state index in [4.69, 9.17) is 56.8 Å². The molecule has 2 fully saturated rings. The summed E-state index contributed by atoms with van der Waals surface area (Å²) in [6.07, 6.45) is -6.49. The number of hydrogen-bond donors (Lipinski definition) is 0. The molecule has 2 heterocycles. The Balaban J connectivity index is 0.821. The second-order valence-corrected chi connectivity index (χ2v) is 21.8. The van der Waals surface area contributed by atoms with Gasteiger partial charge in [-0.25, -0.2) is 0 Å². The fraction of sp³-hybridized carbons (Fsp3) is 0.324. The molecular weight excluding hydrogens is 1110 g/mol. The van der Waals surface area contributed by atoms with E-state index in [0.29, 0.717) is 12.8 Å².